The second kappa shape index (κ2) is 62.4. The highest BCUT2D eigenvalue weighted by Crippen LogP contribution is 2.17. The van der Waals surface area contributed by atoms with Crippen molar-refractivity contribution in [2.24, 2.45) is 0 Å². The molecule has 0 aliphatic rings. The van der Waals surface area contributed by atoms with E-state index >= 15 is 0 Å². The molecule has 0 rings (SSSR count). The molecule has 0 aliphatic carbocycles. The summed E-state index contributed by atoms with van der Waals surface area (Å²) in [5.74, 6) is -0.916. The maximum Gasteiger partial charge on any atom is 0.306 e. The summed E-state index contributed by atoms with van der Waals surface area (Å²) in [7, 11) is 0. The van der Waals surface area contributed by atoms with Crippen LogP contribution < -0.4 is 0 Å². The maximum absolute atomic E-state index is 12.8. The van der Waals surface area contributed by atoms with Crippen LogP contribution in [0.2, 0.25) is 0 Å². The van der Waals surface area contributed by atoms with Gasteiger partial charge in [0.25, 0.3) is 0 Å². The molecule has 0 aromatic heterocycles. The number of hydrogen-bond donors (Lipinski definition) is 0. The minimum atomic E-state index is -0.792. The Bertz CT molecular complexity index is 1370. The summed E-state index contributed by atoms with van der Waals surface area (Å²) in [6.45, 7) is 6.48. The second-order valence-corrected chi connectivity index (χ2v) is 21.3. The standard InChI is InChI=1S/C68H120O6/c1-4-7-10-13-16-19-22-25-26-27-28-29-30-31-32-33-34-35-36-37-38-39-40-41-42-44-46-49-52-55-58-61-67(70)73-64-65(63-72-66(69)60-57-54-51-48-45-24-21-18-15-12-9-6-3)74-68(71)62-59-56-53-50-47-43-23-20-17-14-11-8-5-2/h8,11,17-18,20-22,25,27-28,43,47,65H,4-7,9-10,12-16,19,23-24,26,29-42,44-46,48-64H2,1-3H3/b11-8-,20-17-,21-18-,25-22-,28-27-,47-43-. The Balaban J connectivity index is 4.12. The quantitative estimate of drug-likeness (QED) is 0.0261. The molecule has 0 aromatic rings. The van der Waals surface area contributed by atoms with Crippen molar-refractivity contribution in [3.8, 4) is 0 Å². The average Bonchev–Trinajstić information content (AvgIpc) is 3.40. The van der Waals surface area contributed by atoms with E-state index in [4.69, 9.17) is 14.2 Å². The molecule has 0 fully saturated rings. The van der Waals surface area contributed by atoms with Crippen LogP contribution in [0.3, 0.4) is 0 Å². The van der Waals surface area contributed by atoms with Gasteiger partial charge >= 0.3 is 17.9 Å². The molecule has 1 unspecified atom stereocenters. The van der Waals surface area contributed by atoms with E-state index in [1.807, 2.05) is 0 Å². The SMILES string of the molecule is CC/C=C\C/C=C\C/C=C\CCCCCC(=O)OC(COC(=O)CCCCCCC/C=C\CCCCC)COC(=O)CCCCCCCCCCCCCCCCCCCCC/C=C\C/C=C\CCCCCCC. The summed E-state index contributed by atoms with van der Waals surface area (Å²) in [4.78, 5) is 38.1. The van der Waals surface area contributed by atoms with E-state index in [9.17, 15) is 14.4 Å². The van der Waals surface area contributed by atoms with Crippen LogP contribution in [0.5, 0.6) is 0 Å². The van der Waals surface area contributed by atoms with Gasteiger partial charge in [-0.15, -0.1) is 0 Å². The van der Waals surface area contributed by atoms with Crippen LogP contribution in [0.25, 0.3) is 0 Å². The molecule has 0 spiro atoms. The molecule has 0 heterocycles. The van der Waals surface area contributed by atoms with Crippen LogP contribution in [0.1, 0.15) is 323 Å². The predicted molar refractivity (Wildman–Crippen MR) is 321 cm³/mol. The van der Waals surface area contributed by atoms with Gasteiger partial charge in [-0.3, -0.25) is 14.4 Å². The Hall–Kier alpha value is -3.15. The Morgan fingerprint density at radius 2 is 0.527 bits per heavy atom. The Kier molecular flexibility index (Phi) is 59.7. The molecule has 0 saturated heterocycles. The van der Waals surface area contributed by atoms with Gasteiger partial charge in [-0.1, -0.05) is 267 Å². The van der Waals surface area contributed by atoms with E-state index in [0.29, 0.717) is 19.3 Å². The molecule has 74 heavy (non-hydrogen) atoms. The highest BCUT2D eigenvalue weighted by atomic mass is 16.6. The van der Waals surface area contributed by atoms with Crippen molar-refractivity contribution in [1.82, 2.24) is 0 Å². The topological polar surface area (TPSA) is 78.9 Å². The van der Waals surface area contributed by atoms with Crippen molar-refractivity contribution >= 4 is 17.9 Å². The summed E-state index contributed by atoms with van der Waals surface area (Å²) in [5.41, 5.74) is 0. The van der Waals surface area contributed by atoms with Gasteiger partial charge in [-0.05, 0) is 109 Å². The van der Waals surface area contributed by atoms with Crippen molar-refractivity contribution in [3.05, 3.63) is 72.9 Å². The minimum Gasteiger partial charge on any atom is -0.462 e. The monoisotopic (exact) mass is 1030 g/mol. The highest BCUT2D eigenvalue weighted by Gasteiger charge is 2.19. The van der Waals surface area contributed by atoms with Gasteiger partial charge in [0.2, 0.25) is 0 Å². The van der Waals surface area contributed by atoms with E-state index in [1.165, 1.54) is 186 Å². The molecule has 0 saturated carbocycles. The fraction of sp³-hybridized carbons (Fsp3) is 0.779. The predicted octanol–water partition coefficient (Wildman–Crippen LogP) is 21.7. The number of carbonyl (C=O) groups is 3. The average molecular weight is 1030 g/mol. The first-order valence-electron chi connectivity index (χ1n) is 31.9. The number of hydrogen-bond acceptors (Lipinski definition) is 6. The van der Waals surface area contributed by atoms with Crippen LogP contribution in [-0.4, -0.2) is 37.2 Å². The van der Waals surface area contributed by atoms with Gasteiger partial charge in [0.05, 0.1) is 0 Å². The zero-order chi connectivity index (χ0) is 53.6. The van der Waals surface area contributed by atoms with Gasteiger partial charge in [0, 0.05) is 19.3 Å². The lowest BCUT2D eigenvalue weighted by atomic mass is 10.0. The zero-order valence-corrected chi connectivity index (χ0v) is 49.1. The van der Waals surface area contributed by atoms with Crippen molar-refractivity contribution in [3.63, 3.8) is 0 Å². The van der Waals surface area contributed by atoms with Crippen LogP contribution in [-0.2, 0) is 28.6 Å². The lowest BCUT2D eigenvalue weighted by Gasteiger charge is -2.18. The largest absolute Gasteiger partial charge is 0.462 e. The van der Waals surface area contributed by atoms with Crippen LogP contribution in [0.4, 0.5) is 0 Å². The molecule has 0 N–H and O–H groups in total. The molecule has 0 amide bonds. The first-order chi connectivity index (χ1) is 36.5. The summed E-state index contributed by atoms with van der Waals surface area (Å²) in [6.07, 6.45) is 80.8. The second-order valence-electron chi connectivity index (χ2n) is 21.3. The van der Waals surface area contributed by atoms with Gasteiger partial charge in [0.1, 0.15) is 13.2 Å². The van der Waals surface area contributed by atoms with E-state index in [1.54, 1.807) is 0 Å². The van der Waals surface area contributed by atoms with Gasteiger partial charge in [0.15, 0.2) is 6.10 Å². The fourth-order valence-corrected chi connectivity index (χ4v) is 9.13. The molecule has 1 atom stereocenters. The molecular formula is C68H120O6. The molecule has 0 bridgehead atoms. The molecule has 0 radical (unpaired) electrons. The van der Waals surface area contributed by atoms with E-state index in [2.05, 4.69) is 93.7 Å². The van der Waals surface area contributed by atoms with Crippen molar-refractivity contribution in [2.45, 2.75) is 329 Å². The lowest BCUT2D eigenvalue weighted by molar-refractivity contribution is -0.167. The van der Waals surface area contributed by atoms with Crippen LogP contribution >= 0.6 is 0 Å². The summed E-state index contributed by atoms with van der Waals surface area (Å²) < 4.78 is 16.8. The number of unbranched alkanes of at least 4 members (excludes halogenated alkanes) is 35. The van der Waals surface area contributed by atoms with Crippen molar-refractivity contribution in [1.29, 1.82) is 0 Å². The molecular weight excluding hydrogens is 913 g/mol. The molecule has 0 aliphatic heterocycles. The molecule has 0 aromatic carbocycles. The number of rotatable bonds is 58. The normalized spacial score (nSPS) is 12.5. The first-order valence-corrected chi connectivity index (χ1v) is 31.9. The van der Waals surface area contributed by atoms with Crippen molar-refractivity contribution < 1.29 is 28.6 Å². The summed E-state index contributed by atoms with van der Waals surface area (Å²) in [6, 6.07) is 0. The molecule has 6 nitrogen and oxygen atoms in total. The van der Waals surface area contributed by atoms with Gasteiger partial charge in [-0.25, -0.2) is 0 Å². The lowest BCUT2D eigenvalue weighted by Crippen LogP contribution is -2.30. The van der Waals surface area contributed by atoms with Crippen LogP contribution in [0, 0.1) is 0 Å². The van der Waals surface area contributed by atoms with E-state index < -0.39 is 6.10 Å². The minimum absolute atomic E-state index is 0.0874. The zero-order valence-electron chi connectivity index (χ0n) is 49.1. The fourth-order valence-electron chi connectivity index (χ4n) is 9.13. The molecule has 6 heteroatoms. The highest BCUT2D eigenvalue weighted by molar-refractivity contribution is 5.71. The third kappa shape index (κ3) is 59.7. The van der Waals surface area contributed by atoms with E-state index in [-0.39, 0.29) is 31.1 Å². The first kappa shape index (κ1) is 70.8. The third-order valence-corrected chi connectivity index (χ3v) is 13.9. The Morgan fingerprint density at radius 3 is 0.878 bits per heavy atom. The summed E-state index contributed by atoms with van der Waals surface area (Å²) >= 11 is 0. The summed E-state index contributed by atoms with van der Waals surface area (Å²) in [5, 5.41) is 0. The Morgan fingerprint density at radius 1 is 0.284 bits per heavy atom. The number of allylic oxidation sites excluding steroid dienone is 12. The smallest absolute Gasteiger partial charge is 0.306 e. The maximum atomic E-state index is 12.8. The van der Waals surface area contributed by atoms with Gasteiger partial charge in [-0.2, -0.15) is 0 Å². The Labute approximate surface area is 459 Å². The van der Waals surface area contributed by atoms with E-state index in [0.717, 1.165) is 96.3 Å². The third-order valence-electron chi connectivity index (χ3n) is 13.9. The molecule has 428 valence electrons. The van der Waals surface area contributed by atoms with Crippen molar-refractivity contribution in [2.75, 3.05) is 13.2 Å². The number of carbonyl (C=O) groups excluding carboxylic acids is 3. The van der Waals surface area contributed by atoms with Gasteiger partial charge < -0.3 is 14.2 Å². The van der Waals surface area contributed by atoms with Crippen LogP contribution in [0.15, 0.2) is 72.9 Å². The number of esters is 3. The number of ether oxygens (including phenoxy) is 3.